The number of nitrogens with two attached hydrogens (primary N) is 1. The van der Waals surface area contributed by atoms with Crippen molar-refractivity contribution in [1.82, 2.24) is 0 Å². The molecule has 0 aliphatic rings. The predicted molar refractivity (Wildman–Crippen MR) is 53.9 cm³/mol. The molecule has 1 aromatic carbocycles. The number of nitrogen functional groups attached to an aromatic ring is 1. The SMILES string of the molecule is CC(C)(O)C#Cc1c(N)c(F)c(F)c(F)c1F. The van der Waals surface area contributed by atoms with Gasteiger partial charge in [0.2, 0.25) is 0 Å². The average molecular weight is 247 g/mol. The van der Waals surface area contributed by atoms with Crippen molar-refractivity contribution in [3.63, 3.8) is 0 Å². The number of aliphatic hydroxyl groups is 1. The second-order valence-electron chi connectivity index (χ2n) is 3.85. The standard InChI is InChI=1S/C11H9F4NO/c1-11(2,17)4-3-5-6(12)7(13)8(14)9(15)10(5)16/h17H,16H2,1-2H3. The van der Waals surface area contributed by atoms with Gasteiger partial charge in [-0.05, 0) is 13.8 Å². The lowest BCUT2D eigenvalue weighted by Crippen LogP contribution is -2.15. The lowest BCUT2D eigenvalue weighted by molar-refractivity contribution is 0.143. The van der Waals surface area contributed by atoms with Crippen LogP contribution in [0.15, 0.2) is 0 Å². The second kappa shape index (κ2) is 4.26. The molecule has 1 aromatic rings. The summed E-state index contributed by atoms with van der Waals surface area (Å²) in [5, 5.41) is 9.26. The quantitative estimate of drug-likeness (QED) is 0.242. The van der Waals surface area contributed by atoms with Gasteiger partial charge in [-0.3, -0.25) is 0 Å². The highest BCUT2D eigenvalue weighted by Crippen LogP contribution is 2.25. The van der Waals surface area contributed by atoms with E-state index in [0.717, 1.165) is 0 Å². The van der Waals surface area contributed by atoms with Gasteiger partial charge in [0.15, 0.2) is 23.3 Å². The Morgan fingerprint density at radius 2 is 1.47 bits per heavy atom. The summed E-state index contributed by atoms with van der Waals surface area (Å²) in [4.78, 5) is 0. The third kappa shape index (κ3) is 2.68. The zero-order valence-electron chi connectivity index (χ0n) is 9.04. The minimum Gasteiger partial charge on any atom is -0.395 e. The van der Waals surface area contributed by atoms with E-state index in [2.05, 4.69) is 5.92 Å². The molecule has 17 heavy (non-hydrogen) atoms. The van der Waals surface area contributed by atoms with Crippen LogP contribution in [0.2, 0.25) is 0 Å². The van der Waals surface area contributed by atoms with Gasteiger partial charge in [-0.25, -0.2) is 17.6 Å². The first-order chi connectivity index (χ1) is 7.65. The Morgan fingerprint density at radius 3 is 1.94 bits per heavy atom. The number of rotatable bonds is 0. The smallest absolute Gasteiger partial charge is 0.199 e. The van der Waals surface area contributed by atoms with Crippen LogP contribution in [0, 0.1) is 35.1 Å². The number of hydrogen-bond acceptors (Lipinski definition) is 2. The molecule has 3 N–H and O–H groups in total. The van der Waals surface area contributed by atoms with Crippen LogP contribution in [0.4, 0.5) is 23.2 Å². The van der Waals surface area contributed by atoms with Crippen LogP contribution >= 0.6 is 0 Å². The minimum atomic E-state index is -1.99. The average Bonchev–Trinajstić information content (AvgIpc) is 2.22. The summed E-state index contributed by atoms with van der Waals surface area (Å²) < 4.78 is 51.9. The van der Waals surface area contributed by atoms with E-state index < -0.39 is 40.1 Å². The van der Waals surface area contributed by atoms with Crippen molar-refractivity contribution in [1.29, 1.82) is 0 Å². The largest absolute Gasteiger partial charge is 0.395 e. The highest BCUT2D eigenvalue weighted by Gasteiger charge is 2.23. The second-order valence-corrected chi connectivity index (χ2v) is 3.85. The number of hydrogen-bond donors (Lipinski definition) is 2. The van der Waals surface area contributed by atoms with Crippen molar-refractivity contribution in [2.75, 3.05) is 5.73 Å². The summed E-state index contributed by atoms with van der Waals surface area (Å²) in [6.45, 7) is 2.56. The van der Waals surface area contributed by atoms with Crippen LogP contribution in [0.25, 0.3) is 0 Å². The van der Waals surface area contributed by atoms with Crippen molar-refractivity contribution in [2.45, 2.75) is 19.4 Å². The first kappa shape index (κ1) is 13.3. The molecule has 1 rings (SSSR count). The van der Waals surface area contributed by atoms with Crippen molar-refractivity contribution in [3.8, 4) is 11.8 Å². The first-order valence-electron chi connectivity index (χ1n) is 4.52. The molecule has 0 saturated heterocycles. The van der Waals surface area contributed by atoms with E-state index in [9.17, 15) is 22.7 Å². The van der Waals surface area contributed by atoms with E-state index in [1.165, 1.54) is 13.8 Å². The van der Waals surface area contributed by atoms with E-state index >= 15 is 0 Å². The zero-order chi connectivity index (χ0) is 13.4. The molecule has 0 radical (unpaired) electrons. The summed E-state index contributed by atoms with van der Waals surface area (Å²) >= 11 is 0. The molecule has 0 amide bonds. The van der Waals surface area contributed by atoms with Crippen LogP contribution in [0.1, 0.15) is 19.4 Å². The Balaban J connectivity index is 3.49. The fourth-order valence-corrected chi connectivity index (χ4v) is 0.986. The van der Waals surface area contributed by atoms with E-state index in [4.69, 9.17) is 5.73 Å². The van der Waals surface area contributed by atoms with Crippen LogP contribution in [0.3, 0.4) is 0 Å². The third-order valence-electron chi connectivity index (χ3n) is 1.80. The molecule has 0 heterocycles. The fourth-order valence-electron chi connectivity index (χ4n) is 0.986. The molecule has 92 valence electrons. The van der Waals surface area contributed by atoms with Crippen molar-refractivity contribution in [3.05, 3.63) is 28.8 Å². The summed E-state index contributed by atoms with van der Waals surface area (Å²) in [6, 6.07) is 0. The maximum absolute atomic E-state index is 13.2. The minimum absolute atomic E-state index is 0.816. The van der Waals surface area contributed by atoms with Gasteiger partial charge in [-0.2, -0.15) is 0 Å². The fraction of sp³-hybridized carbons (Fsp3) is 0.273. The third-order valence-corrected chi connectivity index (χ3v) is 1.80. The van der Waals surface area contributed by atoms with Crippen LogP contribution in [-0.4, -0.2) is 10.7 Å². The molecule has 0 unspecified atom stereocenters. The topological polar surface area (TPSA) is 46.2 Å². The molecule has 6 heteroatoms. The van der Waals surface area contributed by atoms with Gasteiger partial charge in [0, 0.05) is 0 Å². The molecule has 0 fully saturated rings. The summed E-state index contributed by atoms with van der Waals surface area (Å²) in [5.41, 5.74) is 1.83. The van der Waals surface area contributed by atoms with Gasteiger partial charge >= 0.3 is 0 Å². The molecule has 0 aromatic heterocycles. The van der Waals surface area contributed by atoms with E-state index in [1.807, 2.05) is 5.92 Å². The van der Waals surface area contributed by atoms with Crippen molar-refractivity contribution >= 4 is 5.69 Å². The Kier molecular flexibility index (Phi) is 3.34. The van der Waals surface area contributed by atoms with E-state index in [1.54, 1.807) is 0 Å². The van der Waals surface area contributed by atoms with Gasteiger partial charge < -0.3 is 10.8 Å². The highest BCUT2D eigenvalue weighted by atomic mass is 19.2. The molecule has 0 aliphatic heterocycles. The molecule has 0 saturated carbocycles. The molecule has 0 atom stereocenters. The lowest BCUT2D eigenvalue weighted by atomic mass is 10.1. The van der Waals surface area contributed by atoms with Gasteiger partial charge in [0.25, 0.3) is 0 Å². The first-order valence-corrected chi connectivity index (χ1v) is 4.52. The maximum atomic E-state index is 13.2. The predicted octanol–water partition coefficient (Wildman–Crippen LogP) is 1.95. The molecular formula is C11H9F4NO. The number of benzene rings is 1. The zero-order valence-corrected chi connectivity index (χ0v) is 9.04. The van der Waals surface area contributed by atoms with Gasteiger partial charge in [-0.1, -0.05) is 11.8 Å². The van der Waals surface area contributed by atoms with Crippen LogP contribution < -0.4 is 5.73 Å². The Hall–Kier alpha value is -1.74. The molecule has 0 aliphatic carbocycles. The van der Waals surface area contributed by atoms with E-state index in [0.29, 0.717) is 0 Å². The Bertz CT molecular complexity index is 494. The van der Waals surface area contributed by atoms with Gasteiger partial charge in [-0.15, -0.1) is 0 Å². The van der Waals surface area contributed by atoms with E-state index in [-0.39, 0.29) is 0 Å². The summed E-state index contributed by atoms with van der Waals surface area (Å²) in [6.07, 6.45) is 0. The maximum Gasteiger partial charge on any atom is 0.199 e. The normalized spacial score (nSPS) is 11.0. The Morgan fingerprint density at radius 1 is 1.00 bits per heavy atom. The molecule has 2 nitrogen and oxygen atoms in total. The Labute approximate surface area is 95.1 Å². The summed E-state index contributed by atoms with van der Waals surface area (Å²) in [7, 11) is 0. The molecule has 0 spiro atoms. The van der Waals surface area contributed by atoms with Crippen LogP contribution in [-0.2, 0) is 0 Å². The summed E-state index contributed by atoms with van der Waals surface area (Å²) in [5.74, 6) is -3.26. The monoisotopic (exact) mass is 247 g/mol. The highest BCUT2D eigenvalue weighted by molar-refractivity contribution is 5.58. The van der Waals surface area contributed by atoms with Crippen molar-refractivity contribution in [2.24, 2.45) is 0 Å². The lowest BCUT2D eigenvalue weighted by Gasteiger charge is -2.08. The van der Waals surface area contributed by atoms with Crippen LogP contribution in [0.5, 0.6) is 0 Å². The van der Waals surface area contributed by atoms with Crippen molar-refractivity contribution < 1.29 is 22.7 Å². The van der Waals surface area contributed by atoms with Gasteiger partial charge in [0.05, 0.1) is 11.3 Å². The molecule has 0 bridgehead atoms. The molecular weight excluding hydrogens is 238 g/mol. The number of anilines is 1. The van der Waals surface area contributed by atoms with Gasteiger partial charge in [0.1, 0.15) is 5.60 Å². The number of halogens is 4.